The molecule has 0 radical (unpaired) electrons. The Hall–Kier alpha value is -1.04. The first-order chi connectivity index (χ1) is 10.2. The largest absolute Gasteiger partial charge is 0.493 e. The highest BCUT2D eigenvalue weighted by atomic mass is 79.9. The Labute approximate surface area is 138 Å². The molecule has 0 bridgehead atoms. The van der Waals surface area contributed by atoms with Gasteiger partial charge in [0.25, 0.3) is 0 Å². The molecule has 1 heterocycles. The van der Waals surface area contributed by atoms with E-state index in [4.69, 9.17) is 9.47 Å². The highest BCUT2D eigenvalue weighted by molar-refractivity contribution is 9.10. The summed E-state index contributed by atoms with van der Waals surface area (Å²) in [7, 11) is 1.93. The minimum absolute atomic E-state index is 0.574. The van der Waals surface area contributed by atoms with Crippen LogP contribution < -0.4 is 14.8 Å². The summed E-state index contributed by atoms with van der Waals surface area (Å²) >= 11 is 5.15. The Morgan fingerprint density at radius 3 is 2.76 bits per heavy atom. The second-order valence-electron chi connectivity index (χ2n) is 4.67. The van der Waals surface area contributed by atoms with Crippen molar-refractivity contribution in [2.75, 3.05) is 13.7 Å². The fourth-order valence-corrected chi connectivity index (χ4v) is 3.26. The molecule has 114 valence electrons. The average Bonchev–Trinajstić information content (AvgIpc) is 2.90. The van der Waals surface area contributed by atoms with E-state index >= 15 is 0 Å². The fraction of sp³-hybridized carbons (Fsp3) is 0.375. The molecule has 5 heteroatoms. The van der Waals surface area contributed by atoms with Crippen LogP contribution in [0.5, 0.6) is 11.5 Å². The first-order valence-electron chi connectivity index (χ1n) is 6.99. The zero-order valence-corrected chi connectivity index (χ0v) is 14.7. The van der Waals surface area contributed by atoms with Crippen LogP contribution in [-0.4, -0.2) is 13.7 Å². The van der Waals surface area contributed by atoms with Crippen molar-refractivity contribution in [3.63, 3.8) is 0 Å². The molecule has 0 saturated carbocycles. The third-order valence-electron chi connectivity index (χ3n) is 2.87. The Morgan fingerprint density at radius 2 is 2.10 bits per heavy atom. The van der Waals surface area contributed by atoms with Crippen molar-refractivity contribution < 1.29 is 9.47 Å². The van der Waals surface area contributed by atoms with Crippen molar-refractivity contribution in [2.45, 2.75) is 26.5 Å². The summed E-state index contributed by atoms with van der Waals surface area (Å²) in [6.45, 7) is 4.17. The van der Waals surface area contributed by atoms with Crippen molar-refractivity contribution in [2.24, 2.45) is 0 Å². The van der Waals surface area contributed by atoms with Gasteiger partial charge in [-0.25, -0.2) is 0 Å². The summed E-state index contributed by atoms with van der Waals surface area (Å²) in [5.41, 5.74) is 1.14. The van der Waals surface area contributed by atoms with Crippen LogP contribution in [0.4, 0.5) is 0 Å². The number of ether oxygens (including phenoxy) is 2. The van der Waals surface area contributed by atoms with E-state index in [1.165, 1.54) is 4.88 Å². The van der Waals surface area contributed by atoms with Gasteiger partial charge in [0, 0.05) is 32.9 Å². The number of benzene rings is 1. The van der Waals surface area contributed by atoms with Crippen LogP contribution in [0.1, 0.15) is 23.8 Å². The lowest BCUT2D eigenvalue weighted by Gasteiger charge is -2.13. The molecule has 0 aliphatic carbocycles. The van der Waals surface area contributed by atoms with E-state index in [-0.39, 0.29) is 0 Å². The highest BCUT2D eigenvalue weighted by Gasteiger charge is 2.07. The predicted molar refractivity (Wildman–Crippen MR) is 91.3 cm³/mol. The van der Waals surface area contributed by atoms with Gasteiger partial charge < -0.3 is 14.8 Å². The van der Waals surface area contributed by atoms with Crippen LogP contribution in [0.15, 0.2) is 34.1 Å². The third kappa shape index (κ3) is 5.02. The van der Waals surface area contributed by atoms with Gasteiger partial charge in [0.1, 0.15) is 18.1 Å². The van der Waals surface area contributed by atoms with Gasteiger partial charge in [0.2, 0.25) is 0 Å². The van der Waals surface area contributed by atoms with Crippen LogP contribution in [-0.2, 0) is 13.2 Å². The maximum Gasteiger partial charge on any atom is 0.128 e. The number of halogens is 1. The smallest absolute Gasteiger partial charge is 0.128 e. The molecule has 2 aromatic rings. The number of rotatable bonds is 8. The summed E-state index contributed by atoms with van der Waals surface area (Å²) in [6, 6.07) is 8.11. The Balaban J connectivity index is 2.09. The van der Waals surface area contributed by atoms with Crippen LogP contribution in [0.2, 0.25) is 0 Å². The maximum absolute atomic E-state index is 5.98. The topological polar surface area (TPSA) is 30.5 Å². The normalized spacial score (nSPS) is 10.6. The minimum atomic E-state index is 0.574. The maximum atomic E-state index is 5.98. The van der Waals surface area contributed by atoms with E-state index in [1.807, 2.05) is 19.2 Å². The van der Waals surface area contributed by atoms with E-state index in [9.17, 15) is 0 Å². The van der Waals surface area contributed by atoms with Crippen molar-refractivity contribution in [1.82, 2.24) is 5.32 Å². The van der Waals surface area contributed by atoms with E-state index in [2.05, 4.69) is 45.7 Å². The molecule has 0 unspecified atom stereocenters. The third-order valence-corrected chi connectivity index (χ3v) is 4.54. The zero-order chi connectivity index (χ0) is 15.1. The van der Waals surface area contributed by atoms with Crippen molar-refractivity contribution >= 4 is 27.3 Å². The summed E-state index contributed by atoms with van der Waals surface area (Å²) in [5, 5.41) is 5.23. The van der Waals surface area contributed by atoms with Gasteiger partial charge in [0.05, 0.1) is 6.61 Å². The fourth-order valence-electron chi connectivity index (χ4n) is 1.89. The molecule has 1 N–H and O–H groups in total. The summed E-state index contributed by atoms with van der Waals surface area (Å²) in [6.07, 6.45) is 0.998. The summed E-state index contributed by atoms with van der Waals surface area (Å²) < 4.78 is 12.8. The molecule has 3 nitrogen and oxygen atoms in total. The lowest BCUT2D eigenvalue weighted by atomic mass is 10.2. The number of nitrogens with one attached hydrogen (secondary N) is 1. The minimum Gasteiger partial charge on any atom is -0.493 e. The quantitative estimate of drug-likeness (QED) is 0.737. The van der Waals surface area contributed by atoms with Crippen molar-refractivity contribution in [3.8, 4) is 11.5 Å². The second kappa shape index (κ2) is 8.41. The van der Waals surface area contributed by atoms with E-state index < -0.39 is 0 Å². The molecule has 0 saturated heterocycles. The van der Waals surface area contributed by atoms with Crippen LogP contribution >= 0.6 is 27.3 Å². The molecule has 0 aliphatic rings. The Bertz CT molecular complexity index is 571. The van der Waals surface area contributed by atoms with Gasteiger partial charge in [-0.2, -0.15) is 0 Å². The van der Waals surface area contributed by atoms with Crippen LogP contribution in [0.3, 0.4) is 0 Å². The van der Waals surface area contributed by atoms with Crippen molar-refractivity contribution in [1.29, 1.82) is 0 Å². The number of thiophene rings is 1. The van der Waals surface area contributed by atoms with Crippen LogP contribution in [0, 0.1) is 0 Å². The molecule has 1 aromatic heterocycles. The molecular weight excluding hydrogens is 350 g/mol. The van der Waals surface area contributed by atoms with Gasteiger partial charge in [-0.15, -0.1) is 11.3 Å². The van der Waals surface area contributed by atoms with Crippen molar-refractivity contribution in [3.05, 3.63) is 44.6 Å². The second-order valence-corrected chi connectivity index (χ2v) is 6.58. The SMILES string of the molecule is CCCOc1ccc(CNC)c(OCc2cc(Br)cs2)c1. The standard InChI is InChI=1S/C16H20BrNO2S/c1-3-6-19-14-5-4-12(9-18-2)16(8-14)20-10-15-7-13(17)11-21-15/h4-5,7-8,11,18H,3,6,9-10H2,1-2H3. The summed E-state index contributed by atoms with van der Waals surface area (Å²) in [4.78, 5) is 1.19. The first kappa shape index (κ1) is 16.3. The predicted octanol–water partition coefficient (Wildman–Crippen LogP) is 4.60. The molecule has 0 fully saturated rings. The Morgan fingerprint density at radius 1 is 1.24 bits per heavy atom. The number of hydrogen-bond acceptors (Lipinski definition) is 4. The van der Waals surface area contributed by atoms with Gasteiger partial charge in [-0.1, -0.05) is 13.0 Å². The summed E-state index contributed by atoms with van der Waals surface area (Å²) in [5.74, 6) is 1.74. The van der Waals surface area contributed by atoms with E-state index in [0.717, 1.165) is 41.1 Å². The average molecular weight is 370 g/mol. The van der Waals surface area contributed by atoms with E-state index in [0.29, 0.717) is 6.61 Å². The Kier molecular flexibility index (Phi) is 6.54. The molecule has 1 aromatic carbocycles. The van der Waals surface area contributed by atoms with Gasteiger partial charge >= 0.3 is 0 Å². The monoisotopic (exact) mass is 369 g/mol. The lowest BCUT2D eigenvalue weighted by molar-refractivity contribution is 0.294. The molecule has 2 rings (SSSR count). The molecule has 0 amide bonds. The van der Waals surface area contributed by atoms with Gasteiger partial charge in [0.15, 0.2) is 0 Å². The van der Waals surface area contributed by atoms with Gasteiger partial charge in [-0.05, 0) is 41.5 Å². The molecular formula is C16H20BrNO2S. The molecule has 0 aliphatic heterocycles. The molecule has 0 atom stereocenters. The zero-order valence-electron chi connectivity index (χ0n) is 12.3. The first-order valence-corrected chi connectivity index (χ1v) is 8.66. The van der Waals surface area contributed by atoms with E-state index in [1.54, 1.807) is 11.3 Å². The number of hydrogen-bond donors (Lipinski definition) is 1. The highest BCUT2D eigenvalue weighted by Crippen LogP contribution is 2.27. The lowest BCUT2D eigenvalue weighted by Crippen LogP contribution is -2.08. The van der Waals surface area contributed by atoms with Gasteiger partial charge in [-0.3, -0.25) is 0 Å². The molecule has 0 spiro atoms. The molecule has 21 heavy (non-hydrogen) atoms. The van der Waals surface area contributed by atoms with Crippen LogP contribution in [0.25, 0.3) is 0 Å².